The zero-order valence-electron chi connectivity index (χ0n) is 14.2. The lowest BCUT2D eigenvalue weighted by molar-refractivity contribution is 0.601. The number of aryl methyl sites for hydroxylation is 1. The normalized spacial score (nSPS) is 11.6. The molecule has 0 amide bonds. The second-order valence-electron chi connectivity index (χ2n) is 5.87. The fraction of sp³-hybridized carbons (Fsp3) is 0.0556. The van der Waals surface area contributed by atoms with Gasteiger partial charge in [-0.25, -0.2) is 8.42 Å². The molecule has 0 aliphatic heterocycles. The van der Waals surface area contributed by atoms with E-state index < -0.39 is 10.0 Å². The minimum atomic E-state index is -3.62. The van der Waals surface area contributed by atoms with E-state index in [-0.39, 0.29) is 4.90 Å². The number of nitrogens with one attached hydrogen (secondary N) is 1. The van der Waals surface area contributed by atoms with Gasteiger partial charge in [0, 0.05) is 14.8 Å². The minimum absolute atomic E-state index is 0.224. The molecule has 0 saturated carbocycles. The van der Waals surface area contributed by atoms with Crippen LogP contribution in [0, 0.1) is 10.5 Å². The number of hydrogen-bond donors (Lipinski definition) is 1. The summed E-state index contributed by atoms with van der Waals surface area (Å²) in [5.74, 6) is 0.703. The van der Waals surface area contributed by atoms with Gasteiger partial charge in [-0.15, -0.1) is 10.2 Å². The van der Waals surface area contributed by atoms with Crippen molar-refractivity contribution in [3.8, 4) is 11.3 Å². The number of fused-ring (bicyclic) bond motifs is 1. The highest BCUT2D eigenvalue weighted by atomic mass is 127. The first-order chi connectivity index (χ1) is 12.9. The number of hydrogen-bond acceptors (Lipinski definition) is 5. The molecule has 2 aromatic carbocycles. The molecular formula is C18H14IN5O2S. The van der Waals surface area contributed by atoms with Gasteiger partial charge in [0.05, 0.1) is 10.6 Å². The van der Waals surface area contributed by atoms with Crippen molar-refractivity contribution in [2.24, 2.45) is 0 Å². The van der Waals surface area contributed by atoms with Crippen LogP contribution in [0.3, 0.4) is 0 Å². The van der Waals surface area contributed by atoms with E-state index in [2.05, 4.69) is 42.6 Å². The molecule has 9 heteroatoms. The average Bonchev–Trinajstić information content (AvgIpc) is 3.03. The first-order valence-electron chi connectivity index (χ1n) is 8.00. The van der Waals surface area contributed by atoms with Crippen molar-refractivity contribution in [3.63, 3.8) is 0 Å². The van der Waals surface area contributed by atoms with Gasteiger partial charge in [-0.3, -0.25) is 4.72 Å². The Bertz CT molecular complexity index is 1220. The van der Waals surface area contributed by atoms with Crippen LogP contribution in [0.4, 0.5) is 5.69 Å². The van der Waals surface area contributed by atoms with E-state index >= 15 is 0 Å². The van der Waals surface area contributed by atoms with Gasteiger partial charge >= 0.3 is 0 Å². The molecule has 7 nitrogen and oxygen atoms in total. The Kier molecular flexibility index (Phi) is 4.56. The van der Waals surface area contributed by atoms with Crippen molar-refractivity contribution in [3.05, 3.63) is 70.1 Å². The summed E-state index contributed by atoms with van der Waals surface area (Å²) in [6.07, 6.45) is 0. The van der Waals surface area contributed by atoms with Crippen LogP contribution in [0.25, 0.3) is 16.9 Å². The summed E-state index contributed by atoms with van der Waals surface area (Å²) in [6.45, 7) is 1.83. The SMILES string of the molecule is Cc1nnc2ccc(-c3ccc(NS(=O)(=O)c4ccc(I)cc4)cc3)nn12. The van der Waals surface area contributed by atoms with Gasteiger partial charge in [-0.1, -0.05) is 12.1 Å². The van der Waals surface area contributed by atoms with Gasteiger partial charge < -0.3 is 0 Å². The molecule has 0 aliphatic carbocycles. The summed E-state index contributed by atoms with van der Waals surface area (Å²) in [6, 6.07) is 17.4. The first-order valence-corrected chi connectivity index (χ1v) is 10.6. The third-order valence-corrected chi connectivity index (χ3v) is 6.09. The summed E-state index contributed by atoms with van der Waals surface area (Å²) in [7, 11) is -3.62. The summed E-state index contributed by atoms with van der Waals surface area (Å²) < 4.78 is 30.2. The van der Waals surface area contributed by atoms with Crippen molar-refractivity contribution >= 4 is 43.9 Å². The van der Waals surface area contributed by atoms with E-state index in [1.807, 2.05) is 31.2 Å². The van der Waals surface area contributed by atoms with E-state index in [1.54, 1.807) is 40.9 Å². The maximum absolute atomic E-state index is 12.5. The lowest BCUT2D eigenvalue weighted by Gasteiger charge is -2.09. The Balaban J connectivity index is 1.59. The van der Waals surface area contributed by atoms with Gasteiger partial charge in [-0.2, -0.15) is 9.61 Å². The van der Waals surface area contributed by atoms with Gasteiger partial charge in [0.25, 0.3) is 10.0 Å². The Labute approximate surface area is 169 Å². The van der Waals surface area contributed by atoms with Crippen molar-refractivity contribution in [1.82, 2.24) is 19.8 Å². The molecule has 0 unspecified atom stereocenters. The molecule has 0 radical (unpaired) electrons. The number of benzene rings is 2. The molecule has 0 aliphatic rings. The largest absolute Gasteiger partial charge is 0.280 e. The highest BCUT2D eigenvalue weighted by molar-refractivity contribution is 14.1. The Hall–Kier alpha value is -2.53. The highest BCUT2D eigenvalue weighted by Crippen LogP contribution is 2.22. The van der Waals surface area contributed by atoms with Crippen molar-refractivity contribution in [2.75, 3.05) is 4.72 Å². The monoisotopic (exact) mass is 491 g/mol. The van der Waals surface area contributed by atoms with E-state index in [9.17, 15) is 8.42 Å². The van der Waals surface area contributed by atoms with E-state index in [0.717, 1.165) is 14.8 Å². The van der Waals surface area contributed by atoms with Gasteiger partial charge in [0.2, 0.25) is 0 Å². The highest BCUT2D eigenvalue weighted by Gasteiger charge is 2.14. The quantitative estimate of drug-likeness (QED) is 0.442. The van der Waals surface area contributed by atoms with Crippen molar-refractivity contribution in [1.29, 1.82) is 0 Å². The third kappa shape index (κ3) is 3.65. The number of nitrogens with zero attached hydrogens (tertiary/aromatic N) is 4. The molecule has 2 heterocycles. The molecule has 0 atom stereocenters. The second-order valence-corrected chi connectivity index (χ2v) is 8.80. The molecular weight excluding hydrogens is 477 g/mol. The van der Waals surface area contributed by atoms with Crippen LogP contribution >= 0.6 is 22.6 Å². The van der Waals surface area contributed by atoms with Gasteiger partial charge in [-0.05, 0) is 78.0 Å². The smallest absolute Gasteiger partial charge is 0.261 e. The predicted octanol–water partition coefficient (Wildman–Crippen LogP) is 3.51. The van der Waals surface area contributed by atoms with Crippen molar-refractivity contribution < 1.29 is 8.42 Å². The Morgan fingerprint density at radius 3 is 2.33 bits per heavy atom. The molecule has 27 heavy (non-hydrogen) atoms. The Morgan fingerprint density at radius 1 is 0.926 bits per heavy atom. The molecule has 0 saturated heterocycles. The van der Waals surface area contributed by atoms with Crippen LogP contribution in [0.5, 0.6) is 0 Å². The standard InChI is InChI=1S/C18H14IN5O2S/c1-12-20-21-18-11-10-17(22-24(12)18)13-2-6-15(7-3-13)23-27(25,26)16-8-4-14(19)5-9-16/h2-11,23H,1H3. The van der Waals surface area contributed by atoms with Crippen LogP contribution in [-0.2, 0) is 10.0 Å². The number of sulfonamides is 1. The zero-order valence-corrected chi connectivity index (χ0v) is 17.1. The van der Waals surface area contributed by atoms with E-state index in [0.29, 0.717) is 17.2 Å². The molecule has 1 N–H and O–H groups in total. The van der Waals surface area contributed by atoms with Crippen LogP contribution in [0.15, 0.2) is 65.6 Å². The minimum Gasteiger partial charge on any atom is -0.280 e. The molecule has 0 fully saturated rings. The topological polar surface area (TPSA) is 89.2 Å². The van der Waals surface area contributed by atoms with Crippen LogP contribution in [-0.4, -0.2) is 28.2 Å². The summed E-state index contributed by atoms with van der Waals surface area (Å²) in [4.78, 5) is 0.224. The fourth-order valence-electron chi connectivity index (χ4n) is 2.59. The predicted molar refractivity (Wildman–Crippen MR) is 111 cm³/mol. The fourth-order valence-corrected chi connectivity index (χ4v) is 4.01. The summed E-state index contributed by atoms with van der Waals surface area (Å²) in [5.41, 5.74) is 2.77. The maximum atomic E-state index is 12.5. The van der Waals surface area contributed by atoms with Crippen LogP contribution < -0.4 is 4.72 Å². The summed E-state index contributed by atoms with van der Waals surface area (Å²) in [5, 5.41) is 12.5. The number of halogens is 1. The zero-order chi connectivity index (χ0) is 19.0. The number of anilines is 1. The summed E-state index contributed by atoms with van der Waals surface area (Å²) >= 11 is 2.13. The molecule has 0 bridgehead atoms. The number of aromatic nitrogens is 4. The molecule has 4 rings (SSSR count). The van der Waals surface area contributed by atoms with Crippen LogP contribution in [0.1, 0.15) is 5.82 Å². The lowest BCUT2D eigenvalue weighted by Crippen LogP contribution is -2.12. The molecule has 2 aromatic heterocycles. The van der Waals surface area contributed by atoms with Gasteiger partial charge in [0.1, 0.15) is 0 Å². The Morgan fingerprint density at radius 2 is 1.63 bits per heavy atom. The molecule has 136 valence electrons. The first kappa shape index (κ1) is 17.9. The maximum Gasteiger partial charge on any atom is 0.261 e. The average molecular weight is 491 g/mol. The van der Waals surface area contributed by atoms with E-state index in [4.69, 9.17) is 0 Å². The van der Waals surface area contributed by atoms with E-state index in [1.165, 1.54) is 0 Å². The molecule has 0 spiro atoms. The van der Waals surface area contributed by atoms with Gasteiger partial charge in [0.15, 0.2) is 11.5 Å². The third-order valence-electron chi connectivity index (χ3n) is 3.98. The lowest BCUT2D eigenvalue weighted by atomic mass is 10.1. The second kappa shape index (κ2) is 6.89. The van der Waals surface area contributed by atoms with Crippen molar-refractivity contribution in [2.45, 2.75) is 11.8 Å². The van der Waals surface area contributed by atoms with Crippen LogP contribution in [0.2, 0.25) is 0 Å². The number of rotatable bonds is 4. The molecule has 4 aromatic rings.